The van der Waals surface area contributed by atoms with Crippen LogP contribution in [-0.2, 0) is 23.6 Å². The average Bonchev–Trinajstić information content (AvgIpc) is 3.05. The molecule has 0 aliphatic carbocycles. The van der Waals surface area contributed by atoms with Crippen molar-refractivity contribution in [1.82, 2.24) is 0 Å². The van der Waals surface area contributed by atoms with Gasteiger partial charge in [0.1, 0.15) is 5.82 Å². The molecule has 0 fully saturated rings. The van der Waals surface area contributed by atoms with E-state index in [-0.39, 0.29) is 18.3 Å². The fraction of sp³-hybridized carbons (Fsp3) is 0.268. The molecular weight excluding hydrogens is 629 g/mol. The van der Waals surface area contributed by atoms with Crippen molar-refractivity contribution in [1.29, 1.82) is 0 Å². The predicted octanol–water partition coefficient (Wildman–Crippen LogP) is 9.36. The Kier molecular flexibility index (Phi) is 10.7. The zero-order valence-corrected chi connectivity index (χ0v) is 29.1. The summed E-state index contributed by atoms with van der Waals surface area (Å²) < 4.78 is 61.7. The van der Waals surface area contributed by atoms with Crippen molar-refractivity contribution in [3.8, 4) is 11.1 Å². The van der Waals surface area contributed by atoms with E-state index in [0.717, 1.165) is 50.3 Å². The topological polar surface area (TPSA) is 29.5 Å². The largest absolute Gasteiger partial charge is 0.416 e. The van der Waals surface area contributed by atoms with Gasteiger partial charge in [0.2, 0.25) is 9.04 Å². The minimum absolute atomic E-state index is 0.0250. The van der Waals surface area contributed by atoms with Gasteiger partial charge in [-0.15, -0.1) is 0 Å². The molecule has 0 aliphatic heterocycles. The SMILES string of the molecule is CC(C)c1cc(C(O[SiH](c2ccccc2)c2ccccc2)C(C)(C)C)c(CO)c(-c2ccc(F)cc2)c1Cc1ccc(C(F)(F)F)cc1. The number of aliphatic hydroxyl groups is 1. The molecule has 5 aromatic carbocycles. The Labute approximate surface area is 282 Å². The molecule has 0 spiro atoms. The van der Waals surface area contributed by atoms with Crippen LogP contribution >= 0.6 is 0 Å². The third kappa shape index (κ3) is 7.97. The second-order valence-corrected chi connectivity index (χ2v) is 16.0. The Bertz CT molecular complexity index is 1760. The van der Waals surface area contributed by atoms with Crippen LogP contribution in [-0.4, -0.2) is 14.1 Å². The predicted molar refractivity (Wildman–Crippen MR) is 189 cm³/mol. The van der Waals surface area contributed by atoms with E-state index in [2.05, 4.69) is 65.0 Å². The Hall–Kier alpha value is -4.04. The first-order chi connectivity index (χ1) is 22.8. The summed E-state index contributed by atoms with van der Waals surface area (Å²) in [6.07, 6.45) is -4.54. The van der Waals surface area contributed by atoms with E-state index in [1.807, 2.05) is 36.4 Å². The van der Waals surface area contributed by atoms with Crippen LogP contribution in [0.2, 0.25) is 0 Å². The zero-order valence-electron chi connectivity index (χ0n) is 28.0. The summed E-state index contributed by atoms with van der Waals surface area (Å²) in [5.74, 6) is -0.360. The van der Waals surface area contributed by atoms with Gasteiger partial charge in [0.15, 0.2) is 0 Å². The highest BCUT2D eigenvalue weighted by Crippen LogP contribution is 2.45. The van der Waals surface area contributed by atoms with Crippen LogP contribution in [0.1, 0.15) is 80.0 Å². The standard InChI is InChI=1S/C41H42F4O2Si/c1-27(2)34-25-36(39(40(3,4)5)47-48(32-12-8-6-9-13-32)33-14-10-7-11-15-33)37(26-46)38(29-18-22-31(42)23-19-29)35(34)24-28-16-20-30(21-17-28)41(43,44)45/h6-23,25,27,39,46,48H,24,26H2,1-5H3. The molecule has 1 unspecified atom stereocenters. The molecular formula is C41H42F4O2Si. The first-order valence-electron chi connectivity index (χ1n) is 16.2. The maximum atomic E-state index is 14.2. The molecule has 0 saturated carbocycles. The normalized spacial score (nSPS) is 12.9. The van der Waals surface area contributed by atoms with Crippen molar-refractivity contribution in [2.24, 2.45) is 5.41 Å². The number of rotatable bonds is 10. The molecule has 1 atom stereocenters. The van der Waals surface area contributed by atoms with Gasteiger partial charge >= 0.3 is 6.18 Å². The second-order valence-electron chi connectivity index (χ2n) is 13.7. The highest BCUT2D eigenvalue weighted by atomic mass is 28.3. The summed E-state index contributed by atoms with van der Waals surface area (Å²) in [5, 5.41) is 13.5. The van der Waals surface area contributed by atoms with E-state index in [0.29, 0.717) is 17.5 Å². The Morgan fingerprint density at radius 2 is 1.25 bits per heavy atom. The third-order valence-electron chi connectivity index (χ3n) is 8.73. The van der Waals surface area contributed by atoms with Crippen LogP contribution < -0.4 is 10.4 Å². The van der Waals surface area contributed by atoms with Crippen molar-refractivity contribution >= 4 is 19.4 Å². The van der Waals surface area contributed by atoms with Gasteiger partial charge in [0, 0.05) is 0 Å². The molecule has 0 aromatic heterocycles. The maximum absolute atomic E-state index is 14.2. The summed E-state index contributed by atoms with van der Waals surface area (Å²) in [7, 11) is -2.26. The first-order valence-corrected chi connectivity index (χ1v) is 17.9. The summed E-state index contributed by atoms with van der Waals surface area (Å²) >= 11 is 0. The van der Waals surface area contributed by atoms with Gasteiger partial charge in [-0.2, -0.15) is 13.2 Å². The van der Waals surface area contributed by atoms with E-state index in [1.165, 1.54) is 24.3 Å². The third-order valence-corrected chi connectivity index (χ3v) is 11.3. The van der Waals surface area contributed by atoms with Gasteiger partial charge in [0.05, 0.1) is 18.3 Å². The molecule has 5 aromatic rings. The smallest absolute Gasteiger partial charge is 0.403 e. The van der Waals surface area contributed by atoms with Gasteiger partial charge in [0.25, 0.3) is 0 Å². The van der Waals surface area contributed by atoms with Crippen LogP contribution in [0.25, 0.3) is 11.1 Å². The molecule has 250 valence electrons. The van der Waals surface area contributed by atoms with Crippen molar-refractivity contribution in [2.45, 2.75) is 65.8 Å². The van der Waals surface area contributed by atoms with Crippen LogP contribution in [0.3, 0.4) is 0 Å². The van der Waals surface area contributed by atoms with E-state index in [9.17, 15) is 22.7 Å². The summed E-state index contributed by atoms with van der Waals surface area (Å²) in [6, 6.07) is 34.0. The molecule has 7 heteroatoms. The molecule has 0 saturated heterocycles. The first kappa shape index (κ1) is 35.3. The average molecular weight is 671 g/mol. The molecule has 0 aliphatic rings. The van der Waals surface area contributed by atoms with Crippen molar-refractivity contribution < 1.29 is 27.1 Å². The van der Waals surface area contributed by atoms with Crippen LogP contribution in [0, 0.1) is 11.2 Å². The summed E-state index contributed by atoms with van der Waals surface area (Å²) in [5.41, 5.74) is 4.48. The van der Waals surface area contributed by atoms with Gasteiger partial charge in [-0.25, -0.2) is 4.39 Å². The number of hydrogen-bond donors (Lipinski definition) is 1. The van der Waals surface area contributed by atoms with E-state index < -0.39 is 32.3 Å². The monoisotopic (exact) mass is 670 g/mol. The van der Waals surface area contributed by atoms with E-state index >= 15 is 0 Å². The number of halogens is 4. The zero-order chi connectivity index (χ0) is 34.6. The quantitative estimate of drug-likeness (QED) is 0.119. The van der Waals surface area contributed by atoms with Crippen molar-refractivity contribution in [3.63, 3.8) is 0 Å². The van der Waals surface area contributed by atoms with E-state index in [1.54, 1.807) is 12.1 Å². The van der Waals surface area contributed by atoms with Gasteiger partial charge in [-0.3, -0.25) is 0 Å². The highest BCUT2D eigenvalue weighted by molar-refractivity contribution is 6.80. The molecule has 2 nitrogen and oxygen atoms in total. The summed E-state index contributed by atoms with van der Waals surface area (Å²) in [6.45, 7) is 10.2. The number of aliphatic hydroxyl groups excluding tert-OH is 1. The number of benzene rings is 5. The fourth-order valence-electron chi connectivity index (χ4n) is 6.39. The van der Waals surface area contributed by atoms with E-state index in [4.69, 9.17) is 4.43 Å². The lowest BCUT2D eigenvalue weighted by atomic mass is 9.76. The van der Waals surface area contributed by atoms with Gasteiger partial charge in [-0.05, 0) is 91.3 Å². The highest BCUT2D eigenvalue weighted by Gasteiger charge is 2.36. The molecule has 5 rings (SSSR count). The van der Waals surface area contributed by atoms with Crippen LogP contribution in [0.5, 0.6) is 0 Å². The molecule has 48 heavy (non-hydrogen) atoms. The lowest BCUT2D eigenvalue weighted by Crippen LogP contribution is -2.47. The minimum Gasteiger partial charge on any atom is -0.403 e. The molecule has 0 heterocycles. The van der Waals surface area contributed by atoms with Crippen LogP contribution in [0.15, 0.2) is 115 Å². The maximum Gasteiger partial charge on any atom is 0.416 e. The molecule has 0 radical (unpaired) electrons. The van der Waals surface area contributed by atoms with Crippen molar-refractivity contribution in [2.75, 3.05) is 0 Å². The minimum atomic E-state index is -4.44. The Morgan fingerprint density at radius 3 is 1.71 bits per heavy atom. The molecule has 0 bridgehead atoms. The summed E-state index contributed by atoms with van der Waals surface area (Å²) in [4.78, 5) is 0. The fourth-order valence-corrected chi connectivity index (χ4v) is 9.06. The van der Waals surface area contributed by atoms with Gasteiger partial charge < -0.3 is 9.53 Å². The number of alkyl halides is 3. The second kappa shape index (κ2) is 14.6. The molecule has 1 N–H and O–H groups in total. The lowest BCUT2D eigenvalue weighted by Gasteiger charge is -2.37. The molecule has 0 amide bonds. The Balaban J connectivity index is 1.75. The van der Waals surface area contributed by atoms with Crippen LogP contribution in [0.4, 0.5) is 17.6 Å². The lowest BCUT2D eigenvalue weighted by molar-refractivity contribution is -0.137. The number of hydrogen-bond acceptors (Lipinski definition) is 2. The van der Waals surface area contributed by atoms with Crippen molar-refractivity contribution in [3.05, 3.63) is 154 Å². The Morgan fingerprint density at radius 1 is 0.708 bits per heavy atom. The van der Waals surface area contributed by atoms with Gasteiger partial charge in [-0.1, -0.05) is 126 Å².